The Hall–Kier alpha value is -0.910. The first kappa shape index (κ1) is 16.9. The van der Waals surface area contributed by atoms with Crippen LogP contribution in [0.1, 0.15) is 31.2 Å². The summed E-state index contributed by atoms with van der Waals surface area (Å²) in [6.07, 6.45) is 4.97. The predicted octanol–water partition coefficient (Wildman–Crippen LogP) is 2.75. The number of rotatable bonds is 6. The smallest absolute Gasteiger partial charge is 0.220 e. The van der Waals surface area contributed by atoms with Gasteiger partial charge < -0.3 is 10.1 Å². The van der Waals surface area contributed by atoms with Crippen molar-refractivity contribution in [2.45, 2.75) is 37.6 Å². The molecule has 23 heavy (non-hydrogen) atoms. The largest absolute Gasteiger partial charge is 0.379 e. The Morgan fingerprint density at radius 1 is 1.26 bits per heavy atom. The molecular weight excluding hydrogens is 356 g/mol. The van der Waals surface area contributed by atoms with E-state index in [1.807, 2.05) is 18.2 Å². The lowest BCUT2D eigenvalue weighted by Gasteiger charge is -2.51. The molecule has 5 heteroatoms. The fourth-order valence-electron chi connectivity index (χ4n) is 3.53. The van der Waals surface area contributed by atoms with Gasteiger partial charge in [0.15, 0.2) is 0 Å². The van der Waals surface area contributed by atoms with Gasteiger partial charge in [0.2, 0.25) is 5.91 Å². The predicted molar refractivity (Wildman–Crippen MR) is 94.4 cm³/mol. The lowest BCUT2D eigenvalue weighted by atomic mass is 9.75. The Balaban J connectivity index is 1.47. The number of carbonyl (C=O) groups excluding carboxylic acids is 1. The van der Waals surface area contributed by atoms with Gasteiger partial charge in [0.25, 0.3) is 0 Å². The molecule has 1 aromatic rings. The van der Waals surface area contributed by atoms with Gasteiger partial charge in [0, 0.05) is 36.1 Å². The molecule has 1 amide bonds. The molecule has 0 aromatic heterocycles. The van der Waals surface area contributed by atoms with Crippen LogP contribution in [0.25, 0.3) is 0 Å². The maximum atomic E-state index is 12.2. The second-order valence-corrected chi connectivity index (χ2v) is 7.40. The number of nitrogens with zero attached hydrogens (tertiary/aromatic N) is 1. The van der Waals surface area contributed by atoms with Crippen LogP contribution in [0.5, 0.6) is 0 Å². The van der Waals surface area contributed by atoms with Gasteiger partial charge in [-0.3, -0.25) is 9.69 Å². The summed E-state index contributed by atoms with van der Waals surface area (Å²) in [6.45, 7) is 4.40. The fraction of sp³-hybridized carbons (Fsp3) is 0.611. The van der Waals surface area contributed by atoms with E-state index in [2.05, 4.69) is 32.2 Å². The van der Waals surface area contributed by atoms with E-state index in [-0.39, 0.29) is 11.4 Å². The number of benzene rings is 1. The number of ether oxygens (including phenoxy) is 1. The van der Waals surface area contributed by atoms with Crippen LogP contribution in [0.15, 0.2) is 28.7 Å². The van der Waals surface area contributed by atoms with Crippen molar-refractivity contribution in [1.29, 1.82) is 0 Å². The summed E-state index contributed by atoms with van der Waals surface area (Å²) in [7, 11) is 0. The third-order valence-corrected chi connectivity index (χ3v) is 5.93. The highest BCUT2D eigenvalue weighted by Crippen LogP contribution is 2.37. The summed E-state index contributed by atoms with van der Waals surface area (Å²) in [4.78, 5) is 14.7. The molecule has 1 aliphatic heterocycles. The van der Waals surface area contributed by atoms with Crippen molar-refractivity contribution in [2.75, 3.05) is 32.8 Å². The van der Waals surface area contributed by atoms with Crippen LogP contribution in [-0.2, 0) is 16.0 Å². The van der Waals surface area contributed by atoms with Gasteiger partial charge in [-0.05, 0) is 37.3 Å². The average molecular weight is 381 g/mol. The zero-order chi connectivity index (χ0) is 16.1. The molecule has 1 heterocycles. The van der Waals surface area contributed by atoms with Gasteiger partial charge in [0.1, 0.15) is 0 Å². The standard InChI is InChI=1S/C18H25BrN2O2/c19-16-5-2-1-4-15(16)6-7-17(22)20-14-18(8-3-9-18)21-10-12-23-13-11-21/h1-2,4-5H,3,6-14H2,(H,20,22). The van der Waals surface area contributed by atoms with Crippen LogP contribution in [0.4, 0.5) is 0 Å². The SMILES string of the molecule is O=C(CCc1ccccc1Br)NCC1(N2CCOCC2)CCC1. The number of morpholine rings is 1. The molecule has 0 atom stereocenters. The number of hydrogen-bond acceptors (Lipinski definition) is 3. The molecule has 0 spiro atoms. The lowest BCUT2D eigenvalue weighted by Crippen LogP contribution is -2.62. The molecule has 1 aromatic carbocycles. The quantitative estimate of drug-likeness (QED) is 0.824. The van der Waals surface area contributed by atoms with Crippen molar-refractivity contribution >= 4 is 21.8 Å². The first-order valence-electron chi connectivity index (χ1n) is 8.53. The van der Waals surface area contributed by atoms with Crippen LogP contribution >= 0.6 is 15.9 Å². The van der Waals surface area contributed by atoms with Gasteiger partial charge in [-0.25, -0.2) is 0 Å². The van der Waals surface area contributed by atoms with Crippen LogP contribution in [0, 0.1) is 0 Å². The summed E-state index contributed by atoms with van der Waals surface area (Å²) in [5.41, 5.74) is 1.38. The van der Waals surface area contributed by atoms with E-state index in [1.165, 1.54) is 24.8 Å². The first-order chi connectivity index (χ1) is 11.2. The van der Waals surface area contributed by atoms with E-state index < -0.39 is 0 Å². The van der Waals surface area contributed by atoms with Gasteiger partial charge in [-0.15, -0.1) is 0 Å². The number of nitrogens with one attached hydrogen (secondary N) is 1. The van der Waals surface area contributed by atoms with Crippen LogP contribution < -0.4 is 5.32 Å². The molecule has 1 saturated heterocycles. The van der Waals surface area contributed by atoms with Crippen molar-refractivity contribution in [1.82, 2.24) is 10.2 Å². The Bertz CT molecular complexity index is 540. The average Bonchev–Trinajstić information content (AvgIpc) is 2.54. The highest BCUT2D eigenvalue weighted by atomic mass is 79.9. The van der Waals surface area contributed by atoms with Crippen LogP contribution in [0.2, 0.25) is 0 Å². The van der Waals surface area contributed by atoms with Crippen molar-refractivity contribution in [3.8, 4) is 0 Å². The minimum atomic E-state index is 0.153. The number of amides is 1. The van der Waals surface area contributed by atoms with Gasteiger partial charge in [0.05, 0.1) is 13.2 Å². The Kier molecular flexibility index (Phi) is 5.72. The van der Waals surface area contributed by atoms with Crippen LogP contribution in [-0.4, -0.2) is 49.2 Å². The maximum absolute atomic E-state index is 12.2. The summed E-state index contributed by atoms with van der Waals surface area (Å²) in [6, 6.07) is 8.10. The Labute approximate surface area is 146 Å². The summed E-state index contributed by atoms with van der Waals surface area (Å²) in [5, 5.41) is 3.18. The molecular formula is C18H25BrN2O2. The zero-order valence-corrected chi connectivity index (χ0v) is 15.1. The van der Waals surface area contributed by atoms with Crippen LogP contribution in [0.3, 0.4) is 0 Å². The van der Waals surface area contributed by atoms with Crippen molar-refractivity contribution < 1.29 is 9.53 Å². The number of hydrogen-bond donors (Lipinski definition) is 1. The minimum absolute atomic E-state index is 0.153. The molecule has 4 nitrogen and oxygen atoms in total. The summed E-state index contributed by atoms with van der Waals surface area (Å²) < 4.78 is 6.53. The van der Waals surface area contributed by atoms with Gasteiger partial charge in [-0.1, -0.05) is 34.1 Å². The van der Waals surface area contributed by atoms with E-state index in [1.54, 1.807) is 0 Å². The van der Waals surface area contributed by atoms with E-state index in [0.29, 0.717) is 6.42 Å². The van der Waals surface area contributed by atoms with Crippen molar-refractivity contribution in [3.63, 3.8) is 0 Å². The second-order valence-electron chi connectivity index (χ2n) is 6.55. The van der Waals surface area contributed by atoms with E-state index in [4.69, 9.17) is 4.74 Å². The third-order valence-electron chi connectivity index (χ3n) is 5.16. The Morgan fingerprint density at radius 2 is 2.00 bits per heavy atom. The van der Waals surface area contributed by atoms with E-state index in [0.717, 1.165) is 43.7 Å². The van der Waals surface area contributed by atoms with Gasteiger partial charge in [-0.2, -0.15) is 0 Å². The first-order valence-corrected chi connectivity index (χ1v) is 9.32. The number of carbonyl (C=O) groups is 1. The molecule has 0 bridgehead atoms. The number of aryl methyl sites for hydroxylation is 1. The monoisotopic (exact) mass is 380 g/mol. The number of halogens is 1. The topological polar surface area (TPSA) is 41.6 Å². The summed E-state index contributed by atoms with van der Waals surface area (Å²) in [5.74, 6) is 0.153. The normalized spacial score (nSPS) is 20.7. The third kappa shape index (κ3) is 4.14. The zero-order valence-electron chi connectivity index (χ0n) is 13.5. The van der Waals surface area contributed by atoms with E-state index in [9.17, 15) is 4.79 Å². The van der Waals surface area contributed by atoms with E-state index >= 15 is 0 Å². The Morgan fingerprint density at radius 3 is 2.65 bits per heavy atom. The fourth-order valence-corrected chi connectivity index (χ4v) is 4.01. The summed E-state index contributed by atoms with van der Waals surface area (Å²) >= 11 is 3.54. The molecule has 2 fully saturated rings. The highest BCUT2D eigenvalue weighted by molar-refractivity contribution is 9.10. The molecule has 1 N–H and O–H groups in total. The molecule has 1 saturated carbocycles. The van der Waals surface area contributed by atoms with Crippen molar-refractivity contribution in [2.24, 2.45) is 0 Å². The van der Waals surface area contributed by atoms with Crippen molar-refractivity contribution in [3.05, 3.63) is 34.3 Å². The molecule has 0 radical (unpaired) electrons. The van der Waals surface area contributed by atoms with Gasteiger partial charge >= 0.3 is 0 Å². The highest BCUT2D eigenvalue weighted by Gasteiger charge is 2.42. The molecule has 126 valence electrons. The molecule has 0 unspecified atom stereocenters. The molecule has 1 aliphatic carbocycles. The lowest BCUT2D eigenvalue weighted by molar-refractivity contribution is -0.123. The molecule has 3 rings (SSSR count). The maximum Gasteiger partial charge on any atom is 0.220 e. The second kappa shape index (κ2) is 7.77. The minimum Gasteiger partial charge on any atom is -0.379 e. The molecule has 2 aliphatic rings.